The normalized spacial score (nSPS) is 17.6. The lowest BCUT2D eigenvalue weighted by molar-refractivity contribution is -0.147. The van der Waals surface area contributed by atoms with E-state index in [-0.39, 0.29) is 6.04 Å². The zero-order chi connectivity index (χ0) is 27.8. The highest BCUT2D eigenvalue weighted by molar-refractivity contribution is 6.31. The highest BCUT2D eigenvalue weighted by Gasteiger charge is 2.41. The zero-order valence-electron chi connectivity index (χ0n) is 22.3. The van der Waals surface area contributed by atoms with Crippen molar-refractivity contribution < 1.29 is 9.90 Å². The maximum absolute atomic E-state index is 13.0. The Morgan fingerprint density at radius 3 is 2.00 bits per heavy atom. The van der Waals surface area contributed by atoms with Gasteiger partial charge in [-0.3, -0.25) is 9.69 Å². The predicted molar refractivity (Wildman–Crippen MR) is 158 cm³/mol. The molecule has 0 aliphatic carbocycles. The van der Waals surface area contributed by atoms with Crippen LogP contribution in [0.5, 0.6) is 0 Å². The summed E-state index contributed by atoms with van der Waals surface area (Å²) in [5.41, 5.74) is 3.07. The third kappa shape index (κ3) is 7.63. The third-order valence-corrected chi connectivity index (χ3v) is 9.09. The molecular weight excluding hydrogens is 527 g/mol. The van der Waals surface area contributed by atoms with Crippen molar-refractivity contribution in [1.29, 1.82) is 5.26 Å². The summed E-state index contributed by atoms with van der Waals surface area (Å²) in [7, 11) is 0. The molecule has 3 aromatic carbocycles. The number of piperidine rings is 1. The summed E-state index contributed by atoms with van der Waals surface area (Å²) < 4.78 is 0. The molecule has 4 rings (SSSR count). The summed E-state index contributed by atoms with van der Waals surface area (Å²) in [5, 5.41) is 22.2. The van der Waals surface area contributed by atoms with Crippen LogP contribution in [0.4, 0.5) is 0 Å². The van der Waals surface area contributed by atoms with Crippen molar-refractivity contribution in [3.05, 3.63) is 106 Å². The molecule has 1 saturated heterocycles. The highest BCUT2D eigenvalue weighted by Crippen LogP contribution is 2.36. The third-order valence-electron chi connectivity index (χ3n) is 8.35. The minimum absolute atomic E-state index is 0.227. The summed E-state index contributed by atoms with van der Waals surface area (Å²) in [6, 6.07) is 27.8. The van der Waals surface area contributed by atoms with E-state index in [0.29, 0.717) is 28.8 Å². The van der Waals surface area contributed by atoms with Crippen molar-refractivity contribution in [1.82, 2.24) is 4.90 Å². The van der Waals surface area contributed by atoms with Crippen LogP contribution in [0.2, 0.25) is 10.0 Å². The van der Waals surface area contributed by atoms with Gasteiger partial charge in [-0.2, -0.15) is 5.26 Å². The number of aliphatic carboxylic acids is 1. The van der Waals surface area contributed by atoms with E-state index in [1.807, 2.05) is 61.5 Å². The van der Waals surface area contributed by atoms with Crippen LogP contribution in [0.25, 0.3) is 0 Å². The SMILES string of the molecule is CC(C(C(=O)O)C(Cc1ccccc1Cl)C(C#N)Cc1ccccc1Cl)N1CCC(Cc2ccccc2)CC1. The number of carboxylic acid groups (broad SMARTS) is 1. The van der Waals surface area contributed by atoms with Crippen LogP contribution in [0, 0.1) is 35.0 Å². The number of nitriles is 1. The molecule has 0 bridgehead atoms. The molecule has 4 atom stereocenters. The van der Waals surface area contributed by atoms with Crippen LogP contribution in [0.15, 0.2) is 78.9 Å². The quantitative estimate of drug-likeness (QED) is 0.261. The first-order valence-electron chi connectivity index (χ1n) is 13.7. The molecule has 1 N–H and O–H groups in total. The molecule has 6 heteroatoms. The second-order valence-corrected chi connectivity index (χ2v) is 11.6. The van der Waals surface area contributed by atoms with Gasteiger partial charge in [0.05, 0.1) is 17.9 Å². The summed E-state index contributed by atoms with van der Waals surface area (Å²) in [6.07, 6.45) is 3.91. The summed E-state index contributed by atoms with van der Waals surface area (Å²) >= 11 is 13.0. The van der Waals surface area contributed by atoms with Crippen molar-refractivity contribution in [2.45, 2.75) is 45.1 Å². The Morgan fingerprint density at radius 1 is 0.923 bits per heavy atom. The molecule has 0 spiro atoms. The molecule has 0 amide bonds. The average Bonchev–Trinajstić information content (AvgIpc) is 2.94. The fraction of sp³-hybridized carbons (Fsp3) is 0.394. The van der Waals surface area contributed by atoms with Crippen LogP contribution in [0.1, 0.15) is 36.5 Å². The van der Waals surface area contributed by atoms with E-state index in [1.165, 1.54) is 5.56 Å². The Hall–Kier alpha value is -2.84. The molecule has 39 heavy (non-hydrogen) atoms. The Morgan fingerprint density at radius 2 is 1.46 bits per heavy atom. The minimum Gasteiger partial charge on any atom is -0.481 e. The Bertz CT molecular complexity index is 1270. The van der Waals surface area contributed by atoms with Crippen molar-refractivity contribution in [2.24, 2.45) is 23.7 Å². The Labute approximate surface area is 242 Å². The number of halogens is 2. The van der Waals surface area contributed by atoms with Gasteiger partial charge in [0.2, 0.25) is 0 Å². The molecule has 1 fully saturated rings. The lowest BCUT2D eigenvalue weighted by Gasteiger charge is -2.41. The number of carbonyl (C=O) groups is 1. The second kappa shape index (κ2) is 14.0. The molecular formula is C33H36Cl2N2O2. The predicted octanol–water partition coefficient (Wildman–Crippen LogP) is 7.58. The fourth-order valence-corrected chi connectivity index (χ4v) is 6.54. The van der Waals surface area contributed by atoms with Crippen LogP contribution in [0.3, 0.4) is 0 Å². The van der Waals surface area contributed by atoms with Gasteiger partial charge in [-0.1, -0.05) is 89.9 Å². The lowest BCUT2D eigenvalue weighted by atomic mass is 9.72. The molecule has 0 saturated carbocycles. The van der Waals surface area contributed by atoms with Gasteiger partial charge in [-0.25, -0.2) is 0 Å². The van der Waals surface area contributed by atoms with Gasteiger partial charge in [0.15, 0.2) is 0 Å². The van der Waals surface area contributed by atoms with Gasteiger partial charge >= 0.3 is 5.97 Å². The standard InChI is InChI=1S/C33H36Cl2N2O2/c1-23(37-17-15-25(16-18-37)19-24-9-3-2-4-10-24)32(33(38)39)29(21-27-12-6-8-14-31(27)35)28(22-36)20-26-11-5-7-13-30(26)34/h2-14,23,25,28-29,32H,15-21H2,1H3,(H,38,39). The van der Waals surface area contributed by atoms with Gasteiger partial charge in [0.25, 0.3) is 0 Å². The van der Waals surface area contributed by atoms with E-state index < -0.39 is 23.7 Å². The van der Waals surface area contributed by atoms with E-state index in [9.17, 15) is 15.2 Å². The number of benzene rings is 3. The molecule has 0 aromatic heterocycles. The lowest BCUT2D eigenvalue weighted by Crippen LogP contribution is -2.50. The van der Waals surface area contributed by atoms with Crippen LogP contribution < -0.4 is 0 Å². The van der Waals surface area contributed by atoms with Crippen molar-refractivity contribution in [3.63, 3.8) is 0 Å². The van der Waals surface area contributed by atoms with Gasteiger partial charge in [0.1, 0.15) is 0 Å². The molecule has 204 valence electrons. The van der Waals surface area contributed by atoms with E-state index in [4.69, 9.17) is 23.2 Å². The number of nitrogens with zero attached hydrogens (tertiary/aromatic N) is 2. The summed E-state index contributed by atoms with van der Waals surface area (Å²) in [4.78, 5) is 15.3. The van der Waals surface area contributed by atoms with Crippen LogP contribution >= 0.6 is 23.2 Å². The van der Waals surface area contributed by atoms with Crippen LogP contribution in [-0.4, -0.2) is 35.1 Å². The number of likely N-dealkylation sites (tertiary alicyclic amines) is 1. The number of hydrogen-bond donors (Lipinski definition) is 1. The average molecular weight is 564 g/mol. The molecule has 1 aliphatic rings. The Balaban J connectivity index is 1.56. The zero-order valence-corrected chi connectivity index (χ0v) is 23.9. The molecule has 3 aromatic rings. The number of hydrogen-bond acceptors (Lipinski definition) is 3. The fourth-order valence-electron chi connectivity index (χ4n) is 6.12. The first kappa shape index (κ1) is 29.2. The van der Waals surface area contributed by atoms with Gasteiger partial charge in [0, 0.05) is 16.1 Å². The van der Waals surface area contributed by atoms with Crippen molar-refractivity contribution in [2.75, 3.05) is 13.1 Å². The monoisotopic (exact) mass is 562 g/mol. The van der Waals surface area contributed by atoms with E-state index in [0.717, 1.165) is 43.5 Å². The molecule has 1 heterocycles. The molecule has 1 aliphatic heterocycles. The molecule has 4 unspecified atom stereocenters. The Kier molecular flexibility index (Phi) is 10.5. The van der Waals surface area contributed by atoms with Crippen molar-refractivity contribution >= 4 is 29.2 Å². The number of rotatable bonds is 11. The highest BCUT2D eigenvalue weighted by atomic mass is 35.5. The van der Waals surface area contributed by atoms with E-state index in [1.54, 1.807) is 0 Å². The minimum atomic E-state index is -0.870. The van der Waals surface area contributed by atoms with Crippen LogP contribution in [-0.2, 0) is 24.1 Å². The smallest absolute Gasteiger partial charge is 0.308 e. The largest absolute Gasteiger partial charge is 0.481 e. The van der Waals surface area contributed by atoms with Crippen molar-refractivity contribution in [3.8, 4) is 6.07 Å². The van der Waals surface area contributed by atoms with E-state index >= 15 is 0 Å². The molecule has 4 nitrogen and oxygen atoms in total. The topological polar surface area (TPSA) is 64.3 Å². The summed E-state index contributed by atoms with van der Waals surface area (Å²) in [6.45, 7) is 3.71. The summed E-state index contributed by atoms with van der Waals surface area (Å²) in [5.74, 6) is -2.00. The second-order valence-electron chi connectivity index (χ2n) is 10.8. The van der Waals surface area contributed by atoms with Gasteiger partial charge in [-0.05, 0) is 92.8 Å². The first-order valence-corrected chi connectivity index (χ1v) is 14.5. The number of carboxylic acids is 1. The molecule has 0 radical (unpaired) electrons. The maximum Gasteiger partial charge on any atom is 0.308 e. The first-order chi connectivity index (χ1) is 18.9. The van der Waals surface area contributed by atoms with Gasteiger partial charge < -0.3 is 5.11 Å². The van der Waals surface area contributed by atoms with Gasteiger partial charge in [-0.15, -0.1) is 0 Å². The van der Waals surface area contributed by atoms with E-state index in [2.05, 4.69) is 35.2 Å². The maximum atomic E-state index is 13.0.